The summed E-state index contributed by atoms with van der Waals surface area (Å²) in [4.78, 5) is 16.8. The molecule has 140 valence electrons. The van der Waals surface area contributed by atoms with Crippen molar-refractivity contribution >= 4 is 16.9 Å². The van der Waals surface area contributed by atoms with Gasteiger partial charge < -0.3 is 4.74 Å². The van der Waals surface area contributed by atoms with E-state index in [0.29, 0.717) is 12.2 Å². The first kappa shape index (κ1) is 20.2. The molecule has 0 spiro atoms. The van der Waals surface area contributed by atoms with Crippen molar-refractivity contribution in [1.29, 1.82) is 0 Å². The maximum atomic E-state index is 12.0. The molecule has 0 fully saturated rings. The number of allylic oxidation sites excluding steroid dienone is 2. The highest BCUT2D eigenvalue weighted by molar-refractivity contribution is 5.89. The van der Waals surface area contributed by atoms with Crippen molar-refractivity contribution in [2.75, 3.05) is 0 Å². The number of fused-ring (bicyclic) bond motifs is 1. The van der Waals surface area contributed by atoms with Crippen LogP contribution in [0.2, 0.25) is 0 Å². The number of esters is 1. The molecular weight excluding hydrogens is 322 g/mol. The van der Waals surface area contributed by atoms with Gasteiger partial charge in [-0.3, -0.25) is 9.78 Å². The molecule has 0 radical (unpaired) electrons. The molecule has 3 heteroatoms. The number of unbranched alkanes of at least 4 members (excludes halogenated alkanes) is 4. The van der Waals surface area contributed by atoms with Crippen LogP contribution in [-0.4, -0.2) is 11.0 Å². The maximum Gasteiger partial charge on any atom is 0.311 e. The van der Waals surface area contributed by atoms with Crippen LogP contribution in [0.4, 0.5) is 0 Å². The smallest absolute Gasteiger partial charge is 0.311 e. The van der Waals surface area contributed by atoms with E-state index in [1.807, 2.05) is 38.1 Å². The monoisotopic (exact) mass is 353 g/mol. The number of para-hydroxylation sites is 1. The Kier molecular flexibility index (Phi) is 8.33. The van der Waals surface area contributed by atoms with Gasteiger partial charge in [0.25, 0.3) is 0 Å². The second kappa shape index (κ2) is 10.7. The fourth-order valence-corrected chi connectivity index (χ4v) is 3.03. The zero-order valence-electron chi connectivity index (χ0n) is 16.4. The highest BCUT2D eigenvalue weighted by Crippen LogP contribution is 2.31. The summed E-state index contributed by atoms with van der Waals surface area (Å²) >= 11 is 0. The summed E-state index contributed by atoms with van der Waals surface area (Å²) in [6, 6.07) is 7.87. The van der Waals surface area contributed by atoms with Crippen LogP contribution in [-0.2, 0) is 11.2 Å². The van der Waals surface area contributed by atoms with Crippen LogP contribution < -0.4 is 4.74 Å². The summed E-state index contributed by atoms with van der Waals surface area (Å²) in [6.07, 6.45) is 12.7. The predicted octanol–water partition coefficient (Wildman–Crippen LogP) is 6.32. The van der Waals surface area contributed by atoms with Crippen LogP contribution >= 0.6 is 0 Å². The molecule has 0 saturated carbocycles. The van der Waals surface area contributed by atoms with Gasteiger partial charge in [-0.15, -0.1) is 0 Å². The lowest BCUT2D eigenvalue weighted by Gasteiger charge is -2.13. The van der Waals surface area contributed by atoms with Crippen LogP contribution in [0, 0.1) is 6.92 Å². The predicted molar refractivity (Wildman–Crippen MR) is 109 cm³/mol. The largest absolute Gasteiger partial charge is 0.425 e. The molecule has 0 saturated heterocycles. The van der Waals surface area contributed by atoms with Crippen molar-refractivity contribution in [2.24, 2.45) is 0 Å². The lowest BCUT2D eigenvalue weighted by atomic mass is 10.1. The minimum absolute atomic E-state index is 0.177. The molecule has 0 amide bonds. The van der Waals surface area contributed by atoms with Crippen molar-refractivity contribution in [3.05, 3.63) is 47.7 Å². The van der Waals surface area contributed by atoms with E-state index in [0.717, 1.165) is 41.4 Å². The summed E-state index contributed by atoms with van der Waals surface area (Å²) in [7, 11) is 0. The second-order valence-corrected chi connectivity index (χ2v) is 6.78. The third-order valence-corrected chi connectivity index (χ3v) is 4.55. The number of aromatic nitrogens is 1. The molecule has 0 aliphatic rings. The molecule has 0 bridgehead atoms. The number of rotatable bonds is 10. The zero-order valence-corrected chi connectivity index (χ0v) is 16.4. The third-order valence-electron chi connectivity index (χ3n) is 4.55. The number of ether oxygens (including phenoxy) is 1. The van der Waals surface area contributed by atoms with Gasteiger partial charge in [0.15, 0.2) is 0 Å². The van der Waals surface area contributed by atoms with Gasteiger partial charge in [0, 0.05) is 23.8 Å². The molecule has 3 nitrogen and oxygen atoms in total. The van der Waals surface area contributed by atoms with Crippen molar-refractivity contribution < 1.29 is 9.53 Å². The molecule has 0 N–H and O–H groups in total. The van der Waals surface area contributed by atoms with E-state index < -0.39 is 0 Å². The van der Waals surface area contributed by atoms with E-state index in [1.165, 1.54) is 25.7 Å². The van der Waals surface area contributed by atoms with E-state index in [9.17, 15) is 4.79 Å². The number of benzene rings is 1. The van der Waals surface area contributed by atoms with Crippen LogP contribution in [0.5, 0.6) is 5.75 Å². The van der Waals surface area contributed by atoms with E-state index in [4.69, 9.17) is 9.72 Å². The van der Waals surface area contributed by atoms with Gasteiger partial charge in [-0.2, -0.15) is 0 Å². The molecule has 1 aromatic heterocycles. The first-order valence-corrected chi connectivity index (χ1v) is 9.91. The SMILES string of the molecule is CCCCCC/C=C/Cc1nc2ccccc2c(OC(=O)CCC)c1C. The summed E-state index contributed by atoms with van der Waals surface area (Å²) in [5.74, 6) is 0.491. The third kappa shape index (κ3) is 5.69. The van der Waals surface area contributed by atoms with E-state index in [1.54, 1.807) is 0 Å². The Bertz CT molecular complexity index is 749. The van der Waals surface area contributed by atoms with Crippen molar-refractivity contribution in [3.63, 3.8) is 0 Å². The highest BCUT2D eigenvalue weighted by Gasteiger charge is 2.15. The number of hydrogen-bond acceptors (Lipinski definition) is 3. The standard InChI is InChI=1S/C23H31NO2/c1-4-6-7-8-9-10-11-16-20-18(3)23(26-22(25)14-5-2)19-15-12-13-17-21(19)24-20/h10-13,15,17H,4-9,14,16H2,1-3H3/b11-10+. The molecule has 2 rings (SSSR count). The molecule has 2 aromatic rings. The second-order valence-electron chi connectivity index (χ2n) is 6.78. The normalized spacial score (nSPS) is 11.3. The summed E-state index contributed by atoms with van der Waals surface area (Å²) in [5.41, 5.74) is 2.82. The quantitative estimate of drug-likeness (QED) is 0.285. The minimum atomic E-state index is -0.177. The Labute approximate surface area is 157 Å². The molecule has 1 heterocycles. The molecule has 1 aromatic carbocycles. The number of carbonyl (C=O) groups is 1. The number of pyridine rings is 1. The Morgan fingerprint density at radius 1 is 1.08 bits per heavy atom. The molecule has 0 atom stereocenters. The highest BCUT2D eigenvalue weighted by atomic mass is 16.5. The van der Waals surface area contributed by atoms with Gasteiger partial charge in [-0.05, 0) is 38.3 Å². The van der Waals surface area contributed by atoms with Gasteiger partial charge in [0.1, 0.15) is 5.75 Å². The van der Waals surface area contributed by atoms with Crippen LogP contribution in [0.1, 0.15) is 70.1 Å². The molecule has 26 heavy (non-hydrogen) atoms. The summed E-state index contributed by atoms with van der Waals surface area (Å²) in [6.45, 7) is 6.21. The lowest BCUT2D eigenvalue weighted by Crippen LogP contribution is -2.10. The summed E-state index contributed by atoms with van der Waals surface area (Å²) in [5, 5.41) is 0.904. The number of nitrogens with zero attached hydrogens (tertiary/aromatic N) is 1. The van der Waals surface area contributed by atoms with Gasteiger partial charge in [0.05, 0.1) is 11.2 Å². The Morgan fingerprint density at radius 3 is 2.65 bits per heavy atom. The fraction of sp³-hybridized carbons (Fsp3) is 0.478. The molecule has 0 aliphatic heterocycles. The number of hydrogen-bond donors (Lipinski definition) is 0. The topological polar surface area (TPSA) is 39.2 Å². The Morgan fingerprint density at radius 2 is 1.88 bits per heavy atom. The van der Waals surface area contributed by atoms with Crippen molar-refractivity contribution in [2.45, 2.75) is 72.1 Å². The van der Waals surface area contributed by atoms with E-state index >= 15 is 0 Å². The van der Waals surface area contributed by atoms with Crippen LogP contribution in [0.15, 0.2) is 36.4 Å². The van der Waals surface area contributed by atoms with Crippen LogP contribution in [0.3, 0.4) is 0 Å². The first-order valence-electron chi connectivity index (χ1n) is 9.91. The Hall–Kier alpha value is -2.16. The maximum absolute atomic E-state index is 12.0. The molecular formula is C23H31NO2. The number of carbonyl (C=O) groups excluding carboxylic acids is 1. The molecule has 0 unspecified atom stereocenters. The summed E-state index contributed by atoms with van der Waals surface area (Å²) < 4.78 is 5.71. The zero-order chi connectivity index (χ0) is 18.8. The first-order chi connectivity index (χ1) is 12.7. The van der Waals surface area contributed by atoms with Gasteiger partial charge in [0.2, 0.25) is 0 Å². The fourth-order valence-electron chi connectivity index (χ4n) is 3.03. The lowest BCUT2D eigenvalue weighted by molar-refractivity contribution is -0.134. The van der Waals surface area contributed by atoms with Gasteiger partial charge in [-0.25, -0.2) is 0 Å². The van der Waals surface area contributed by atoms with Crippen molar-refractivity contribution in [3.8, 4) is 5.75 Å². The molecule has 0 aliphatic carbocycles. The minimum Gasteiger partial charge on any atom is -0.425 e. The van der Waals surface area contributed by atoms with Gasteiger partial charge >= 0.3 is 5.97 Å². The average Bonchev–Trinajstić information content (AvgIpc) is 2.64. The van der Waals surface area contributed by atoms with E-state index in [-0.39, 0.29) is 5.97 Å². The average molecular weight is 354 g/mol. The van der Waals surface area contributed by atoms with Crippen LogP contribution in [0.25, 0.3) is 10.9 Å². The Balaban J connectivity index is 2.17. The van der Waals surface area contributed by atoms with E-state index in [2.05, 4.69) is 19.1 Å². The van der Waals surface area contributed by atoms with Crippen molar-refractivity contribution in [1.82, 2.24) is 4.98 Å². The van der Waals surface area contributed by atoms with Gasteiger partial charge in [-0.1, -0.05) is 57.4 Å².